The van der Waals surface area contributed by atoms with Gasteiger partial charge in [-0.3, -0.25) is 9.48 Å². The van der Waals surface area contributed by atoms with Crippen LogP contribution in [0.15, 0.2) is 24.4 Å². The third-order valence-electron chi connectivity index (χ3n) is 2.22. The number of hydrogen-bond donors (Lipinski definition) is 0. The average Bonchev–Trinajstić information content (AvgIpc) is 2.63. The zero-order chi connectivity index (χ0) is 12.4. The Morgan fingerprint density at radius 2 is 2.29 bits per heavy atom. The fraction of sp³-hybridized carbons (Fsp3) is 0.182. The van der Waals surface area contributed by atoms with Crippen LogP contribution in [-0.2, 0) is 13.5 Å². The first-order chi connectivity index (χ1) is 8.06. The van der Waals surface area contributed by atoms with Crippen LogP contribution in [0, 0.1) is 5.82 Å². The van der Waals surface area contributed by atoms with Crippen molar-refractivity contribution in [3.05, 3.63) is 46.5 Å². The van der Waals surface area contributed by atoms with E-state index in [4.69, 9.17) is 11.6 Å². The van der Waals surface area contributed by atoms with Gasteiger partial charge in [0.2, 0.25) is 0 Å². The molecule has 1 aromatic carbocycles. The fourth-order valence-corrected chi connectivity index (χ4v) is 1.61. The number of aryl methyl sites for hydroxylation is 1. The summed E-state index contributed by atoms with van der Waals surface area (Å²) in [6.45, 7) is 0. The monoisotopic (exact) mass is 253 g/mol. The topological polar surface area (TPSA) is 47.8 Å². The number of Topliss-reactive ketones (excluding diaryl/α,β-unsaturated/α-hetero) is 1. The van der Waals surface area contributed by atoms with Crippen molar-refractivity contribution in [3.8, 4) is 0 Å². The highest BCUT2D eigenvalue weighted by atomic mass is 35.5. The lowest BCUT2D eigenvalue weighted by Gasteiger charge is -2.00. The van der Waals surface area contributed by atoms with Gasteiger partial charge >= 0.3 is 0 Å². The second-order valence-corrected chi connectivity index (χ2v) is 4.04. The van der Waals surface area contributed by atoms with Crippen LogP contribution >= 0.6 is 11.6 Å². The van der Waals surface area contributed by atoms with Gasteiger partial charge in [0, 0.05) is 18.3 Å². The molecule has 0 saturated heterocycles. The first-order valence-electron chi connectivity index (χ1n) is 4.89. The minimum Gasteiger partial charge on any atom is -0.294 e. The molecule has 88 valence electrons. The molecule has 0 atom stereocenters. The van der Waals surface area contributed by atoms with Crippen LogP contribution in [0.1, 0.15) is 16.1 Å². The summed E-state index contributed by atoms with van der Waals surface area (Å²) in [6, 6.07) is 3.97. The van der Waals surface area contributed by atoms with Crippen molar-refractivity contribution in [1.29, 1.82) is 0 Å². The van der Waals surface area contributed by atoms with Crippen molar-refractivity contribution in [2.45, 2.75) is 6.42 Å². The predicted octanol–water partition coefficient (Wildman–Crippen LogP) is 2.03. The molecular weight excluding hydrogens is 245 g/mol. The van der Waals surface area contributed by atoms with Crippen molar-refractivity contribution >= 4 is 17.4 Å². The lowest BCUT2D eigenvalue weighted by molar-refractivity contribution is 0.0988. The zero-order valence-electron chi connectivity index (χ0n) is 9.02. The SMILES string of the molecule is Cn1cc(CC(=O)c2ccc(Cl)cc2F)nn1. The van der Waals surface area contributed by atoms with Crippen LogP contribution < -0.4 is 0 Å². The van der Waals surface area contributed by atoms with Gasteiger partial charge in [0.25, 0.3) is 0 Å². The van der Waals surface area contributed by atoms with Gasteiger partial charge in [-0.2, -0.15) is 0 Å². The Hall–Kier alpha value is -1.75. The number of ketones is 1. The Balaban J connectivity index is 2.20. The standard InChI is InChI=1S/C11H9ClFN3O/c1-16-6-8(14-15-16)5-11(17)9-3-2-7(12)4-10(9)13/h2-4,6H,5H2,1H3. The van der Waals surface area contributed by atoms with Crippen molar-refractivity contribution in [2.24, 2.45) is 7.05 Å². The third kappa shape index (κ3) is 2.68. The lowest BCUT2D eigenvalue weighted by atomic mass is 10.1. The molecule has 0 unspecified atom stereocenters. The van der Waals surface area contributed by atoms with E-state index in [-0.39, 0.29) is 22.8 Å². The van der Waals surface area contributed by atoms with Crippen molar-refractivity contribution < 1.29 is 9.18 Å². The Morgan fingerprint density at radius 1 is 1.53 bits per heavy atom. The second-order valence-electron chi connectivity index (χ2n) is 3.61. The Morgan fingerprint density at radius 3 is 2.88 bits per heavy atom. The summed E-state index contributed by atoms with van der Waals surface area (Å²) in [5.74, 6) is -0.967. The molecule has 2 rings (SSSR count). The van der Waals surface area contributed by atoms with Gasteiger partial charge in [0.1, 0.15) is 5.82 Å². The van der Waals surface area contributed by atoms with Gasteiger partial charge in [-0.1, -0.05) is 16.8 Å². The van der Waals surface area contributed by atoms with Crippen molar-refractivity contribution in [2.75, 3.05) is 0 Å². The number of carbonyl (C=O) groups is 1. The van der Waals surface area contributed by atoms with E-state index in [0.717, 1.165) is 6.07 Å². The molecule has 0 bridgehead atoms. The fourth-order valence-electron chi connectivity index (χ4n) is 1.45. The van der Waals surface area contributed by atoms with Crippen LogP contribution in [-0.4, -0.2) is 20.8 Å². The van der Waals surface area contributed by atoms with E-state index >= 15 is 0 Å². The van der Waals surface area contributed by atoms with E-state index in [9.17, 15) is 9.18 Å². The summed E-state index contributed by atoms with van der Waals surface area (Å²) in [6.07, 6.45) is 1.64. The lowest BCUT2D eigenvalue weighted by Crippen LogP contribution is -2.06. The molecule has 0 aliphatic heterocycles. The molecule has 2 aromatic rings. The molecule has 0 N–H and O–H groups in total. The third-order valence-corrected chi connectivity index (χ3v) is 2.46. The zero-order valence-corrected chi connectivity index (χ0v) is 9.78. The largest absolute Gasteiger partial charge is 0.294 e. The highest BCUT2D eigenvalue weighted by Crippen LogP contribution is 2.16. The molecule has 0 spiro atoms. The summed E-state index contributed by atoms with van der Waals surface area (Å²) in [5.41, 5.74) is 0.520. The number of hydrogen-bond acceptors (Lipinski definition) is 3. The molecule has 4 nitrogen and oxygen atoms in total. The van der Waals surface area contributed by atoms with E-state index in [0.29, 0.717) is 5.69 Å². The van der Waals surface area contributed by atoms with Gasteiger partial charge in [0.15, 0.2) is 5.78 Å². The van der Waals surface area contributed by atoms with E-state index in [1.54, 1.807) is 13.2 Å². The van der Waals surface area contributed by atoms with E-state index in [1.807, 2.05) is 0 Å². The minimum absolute atomic E-state index is 0.0139. The summed E-state index contributed by atoms with van der Waals surface area (Å²) in [4.78, 5) is 11.8. The van der Waals surface area contributed by atoms with Gasteiger partial charge in [-0.15, -0.1) is 5.10 Å². The molecule has 1 heterocycles. The normalized spacial score (nSPS) is 10.5. The summed E-state index contributed by atoms with van der Waals surface area (Å²) >= 11 is 5.61. The highest BCUT2D eigenvalue weighted by Gasteiger charge is 2.14. The molecule has 0 fully saturated rings. The molecule has 6 heteroatoms. The maximum atomic E-state index is 13.5. The molecule has 0 saturated carbocycles. The van der Waals surface area contributed by atoms with Crippen LogP contribution in [0.3, 0.4) is 0 Å². The number of halogens is 2. The summed E-state index contributed by atoms with van der Waals surface area (Å²) < 4.78 is 14.9. The van der Waals surface area contributed by atoms with Gasteiger partial charge in [-0.05, 0) is 18.2 Å². The van der Waals surface area contributed by atoms with Gasteiger partial charge in [-0.25, -0.2) is 4.39 Å². The summed E-state index contributed by atoms with van der Waals surface area (Å²) in [5, 5.41) is 7.73. The molecule has 0 aliphatic carbocycles. The van der Waals surface area contributed by atoms with Crippen molar-refractivity contribution in [1.82, 2.24) is 15.0 Å². The molecule has 0 amide bonds. The van der Waals surface area contributed by atoms with Crippen LogP contribution in [0.2, 0.25) is 5.02 Å². The molecule has 0 radical (unpaired) electrons. The molecular formula is C11H9ClFN3O. The first-order valence-corrected chi connectivity index (χ1v) is 5.27. The summed E-state index contributed by atoms with van der Waals surface area (Å²) in [7, 11) is 1.70. The van der Waals surface area contributed by atoms with Crippen LogP contribution in [0.5, 0.6) is 0 Å². The Bertz CT molecular complexity index is 568. The average molecular weight is 254 g/mol. The van der Waals surface area contributed by atoms with Crippen LogP contribution in [0.4, 0.5) is 4.39 Å². The second kappa shape index (κ2) is 4.63. The van der Waals surface area contributed by atoms with Gasteiger partial charge < -0.3 is 0 Å². The van der Waals surface area contributed by atoms with Crippen molar-refractivity contribution in [3.63, 3.8) is 0 Å². The number of benzene rings is 1. The highest BCUT2D eigenvalue weighted by molar-refractivity contribution is 6.30. The molecule has 1 aromatic heterocycles. The number of rotatable bonds is 3. The van der Waals surface area contributed by atoms with Gasteiger partial charge in [0.05, 0.1) is 17.7 Å². The maximum absolute atomic E-state index is 13.5. The predicted molar refractivity (Wildman–Crippen MR) is 60.4 cm³/mol. The number of carbonyl (C=O) groups excluding carboxylic acids is 1. The Labute approximate surface area is 102 Å². The number of aromatic nitrogens is 3. The minimum atomic E-state index is -0.619. The van der Waals surface area contributed by atoms with Crippen LogP contribution in [0.25, 0.3) is 0 Å². The molecule has 0 aliphatic rings. The smallest absolute Gasteiger partial charge is 0.171 e. The van der Waals surface area contributed by atoms with E-state index in [2.05, 4.69) is 10.3 Å². The first kappa shape index (κ1) is 11.7. The van der Waals surface area contributed by atoms with E-state index in [1.165, 1.54) is 16.8 Å². The quantitative estimate of drug-likeness (QED) is 0.787. The maximum Gasteiger partial charge on any atom is 0.171 e. The number of nitrogens with zero attached hydrogens (tertiary/aromatic N) is 3. The Kier molecular flexibility index (Phi) is 3.19. The van der Waals surface area contributed by atoms with E-state index < -0.39 is 5.82 Å². The molecule has 17 heavy (non-hydrogen) atoms.